The van der Waals surface area contributed by atoms with Crippen molar-refractivity contribution in [2.75, 3.05) is 40.4 Å². The van der Waals surface area contributed by atoms with Gasteiger partial charge in [0.2, 0.25) is 0 Å². The highest BCUT2D eigenvalue weighted by Gasteiger charge is 2.18. The summed E-state index contributed by atoms with van der Waals surface area (Å²) in [5, 5.41) is 17.1. The lowest BCUT2D eigenvalue weighted by atomic mass is 10.00. The summed E-state index contributed by atoms with van der Waals surface area (Å²) in [6.45, 7) is 6.15. The van der Waals surface area contributed by atoms with Crippen molar-refractivity contribution in [3.05, 3.63) is 59.2 Å². The summed E-state index contributed by atoms with van der Waals surface area (Å²) < 4.78 is 10.7. The minimum absolute atomic E-state index is 0. The Bertz CT molecular complexity index is 878. The fourth-order valence-electron chi connectivity index (χ4n) is 3.78. The highest BCUT2D eigenvalue weighted by molar-refractivity contribution is 14.0. The lowest BCUT2D eigenvalue weighted by Crippen LogP contribution is -2.45. The molecule has 3 N–H and O–H groups in total. The molecule has 8 heteroatoms. The molecule has 0 saturated carbocycles. The van der Waals surface area contributed by atoms with Crippen molar-refractivity contribution in [2.45, 2.75) is 32.5 Å². The van der Waals surface area contributed by atoms with Crippen LogP contribution in [0.3, 0.4) is 0 Å². The quantitative estimate of drug-likeness (QED) is 0.252. The van der Waals surface area contributed by atoms with Crippen LogP contribution in [0.4, 0.5) is 0 Å². The Kier molecular flexibility index (Phi) is 11.1. The maximum Gasteiger partial charge on any atom is 0.191 e. The summed E-state index contributed by atoms with van der Waals surface area (Å²) in [5.74, 6) is 2.16. The first-order valence-electron chi connectivity index (χ1n) is 10.8. The van der Waals surface area contributed by atoms with E-state index in [0.717, 1.165) is 43.1 Å². The van der Waals surface area contributed by atoms with Crippen molar-refractivity contribution in [2.24, 2.45) is 4.99 Å². The van der Waals surface area contributed by atoms with Gasteiger partial charge in [0.1, 0.15) is 11.5 Å². The molecule has 0 aromatic heterocycles. The number of methoxy groups -OCH3 is 2. The largest absolute Gasteiger partial charge is 0.497 e. The first kappa shape index (κ1) is 26.2. The summed E-state index contributed by atoms with van der Waals surface area (Å²) in [6.07, 6.45) is 0.550. The Morgan fingerprint density at radius 2 is 1.91 bits per heavy atom. The van der Waals surface area contributed by atoms with Crippen LogP contribution < -0.4 is 20.1 Å². The van der Waals surface area contributed by atoms with Crippen LogP contribution in [0.2, 0.25) is 0 Å². The van der Waals surface area contributed by atoms with Gasteiger partial charge in [-0.05, 0) is 36.6 Å². The van der Waals surface area contributed by atoms with E-state index in [2.05, 4.69) is 44.8 Å². The molecule has 1 heterocycles. The third kappa shape index (κ3) is 7.53. The lowest BCUT2D eigenvalue weighted by molar-refractivity contribution is 0.108. The molecule has 32 heavy (non-hydrogen) atoms. The third-order valence-corrected chi connectivity index (χ3v) is 5.43. The average Bonchev–Trinajstić information content (AvgIpc) is 2.80. The lowest BCUT2D eigenvalue weighted by Gasteiger charge is -2.30. The van der Waals surface area contributed by atoms with Crippen molar-refractivity contribution in [3.8, 4) is 11.5 Å². The van der Waals surface area contributed by atoms with Crippen molar-refractivity contribution >= 4 is 29.9 Å². The van der Waals surface area contributed by atoms with Gasteiger partial charge in [-0.3, -0.25) is 4.90 Å². The molecule has 0 saturated heterocycles. The van der Waals surface area contributed by atoms with Gasteiger partial charge in [0.15, 0.2) is 5.96 Å². The first-order chi connectivity index (χ1) is 15.1. The Morgan fingerprint density at radius 3 is 2.62 bits per heavy atom. The standard InChI is InChI=1S/C24H34N4O3.HI/c1-4-25-24(26-14-19-9-10-22(30-2)13-23(19)31-3)27-15-21(29)17-28-12-11-18-7-5-6-8-20(18)16-28;/h5-10,13,21,29H,4,11-12,14-17H2,1-3H3,(H2,25,26,27);1H. The summed E-state index contributed by atoms with van der Waals surface area (Å²) in [5.41, 5.74) is 3.74. The number of β-amino-alcohol motifs (C(OH)–C–C–N with tert-alkyl or cyclic N) is 1. The van der Waals surface area contributed by atoms with Gasteiger partial charge < -0.3 is 25.2 Å². The van der Waals surface area contributed by atoms with Gasteiger partial charge in [-0.15, -0.1) is 24.0 Å². The molecule has 3 rings (SSSR count). The van der Waals surface area contributed by atoms with Crippen molar-refractivity contribution in [1.82, 2.24) is 15.5 Å². The highest BCUT2D eigenvalue weighted by Crippen LogP contribution is 2.25. The Morgan fingerprint density at radius 1 is 1.12 bits per heavy atom. The van der Waals surface area contributed by atoms with E-state index < -0.39 is 6.10 Å². The van der Waals surface area contributed by atoms with E-state index >= 15 is 0 Å². The van der Waals surface area contributed by atoms with Crippen molar-refractivity contribution < 1.29 is 14.6 Å². The topological polar surface area (TPSA) is 78.4 Å². The van der Waals surface area contributed by atoms with Gasteiger partial charge in [-0.1, -0.05) is 24.3 Å². The Labute approximate surface area is 208 Å². The fraction of sp³-hybridized carbons (Fsp3) is 0.458. The summed E-state index contributed by atoms with van der Waals surface area (Å²) in [4.78, 5) is 6.95. The molecular formula is C24H35IN4O3. The number of nitrogens with zero attached hydrogens (tertiary/aromatic N) is 2. The van der Waals surface area contributed by atoms with E-state index in [1.54, 1.807) is 14.2 Å². The van der Waals surface area contributed by atoms with Crippen molar-refractivity contribution in [3.63, 3.8) is 0 Å². The number of rotatable bonds is 9. The zero-order valence-electron chi connectivity index (χ0n) is 19.1. The van der Waals surface area contributed by atoms with Crippen LogP contribution in [0, 0.1) is 0 Å². The van der Waals surface area contributed by atoms with Crippen LogP contribution in [-0.2, 0) is 19.5 Å². The normalized spacial score (nSPS) is 14.7. The zero-order chi connectivity index (χ0) is 22.1. The first-order valence-corrected chi connectivity index (χ1v) is 10.8. The summed E-state index contributed by atoms with van der Waals surface area (Å²) in [7, 11) is 3.27. The van der Waals surface area contributed by atoms with Crippen LogP contribution in [0.1, 0.15) is 23.6 Å². The van der Waals surface area contributed by atoms with E-state index in [1.807, 2.05) is 25.1 Å². The summed E-state index contributed by atoms with van der Waals surface area (Å²) >= 11 is 0. The van der Waals surface area contributed by atoms with E-state index in [9.17, 15) is 5.11 Å². The van der Waals surface area contributed by atoms with Gasteiger partial charge in [-0.2, -0.15) is 0 Å². The van der Waals surface area contributed by atoms with Crippen molar-refractivity contribution in [1.29, 1.82) is 0 Å². The average molecular weight is 554 g/mol. The second-order valence-corrected chi connectivity index (χ2v) is 7.66. The molecule has 0 amide bonds. The number of guanidine groups is 1. The molecule has 0 bridgehead atoms. The molecule has 176 valence electrons. The molecule has 0 radical (unpaired) electrons. The van der Waals surface area contributed by atoms with Gasteiger partial charge >= 0.3 is 0 Å². The monoisotopic (exact) mass is 554 g/mol. The molecule has 1 unspecified atom stereocenters. The minimum Gasteiger partial charge on any atom is -0.497 e. The Hall–Kier alpha value is -2.04. The van der Waals surface area contributed by atoms with E-state index in [0.29, 0.717) is 25.6 Å². The molecule has 1 aliphatic rings. The van der Waals surface area contributed by atoms with Crippen LogP contribution in [-0.4, -0.2) is 62.5 Å². The number of benzene rings is 2. The van der Waals surface area contributed by atoms with Gasteiger partial charge in [0, 0.05) is 44.4 Å². The fourth-order valence-corrected chi connectivity index (χ4v) is 3.78. The number of hydrogen-bond donors (Lipinski definition) is 3. The molecule has 1 atom stereocenters. The smallest absolute Gasteiger partial charge is 0.191 e. The van der Waals surface area contributed by atoms with Gasteiger partial charge in [0.25, 0.3) is 0 Å². The van der Waals surface area contributed by atoms with Crippen LogP contribution >= 0.6 is 24.0 Å². The molecule has 0 aliphatic carbocycles. The predicted octanol–water partition coefficient (Wildman–Crippen LogP) is 2.80. The summed E-state index contributed by atoms with van der Waals surface area (Å²) in [6, 6.07) is 14.2. The molecule has 0 fully saturated rings. The van der Waals surface area contributed by atoms with E-state index in [1.165, 1.54) is 11.1 Å². The Balaban J connectivity index is 0.00000363. The van der Waals surface area contributed by atoms with Gasteiger partial charge in [-0.25, -0.2) is 4.99 Å². The second-order valence-electron chi connectivity index (χ2n) is 7.66. The SMILES string of the molecule is CCNC(=NCc1ccc(OC)cc1OC)NCC(O)CN1CCc2ccccc2C1.I. The van der Waals surface area contributed by atoms with E-state index in [-0.39, 0.29) is 24.0 Å². The molecule has 2 aromatic carbocycles. The maximum absolute atomic E-state index is 10.6. The zero-order valence-corrected chi connectivity index (χ0v) is 21.5. The highest BCUT2D eigenvalue weighted by atomic mass is 127. The predicted molar refractivity (Wildman–Crippen MR) is 139 cm³/mol. The number of halogens is 1. The number of fused-ring (bicyclic) bond motifs is 1. The van der Waals surface area contributed by atoms with Crippen LogP contribution in [0.15, 0.2) is 47.5 Å². The number of nitrogens with one attached hydrogen (secondary N) is 2. The number of ether oxygens (including phenoxy) is 2. The number of aliphatic hydroxyl groups excluding tert-OH is 1. The minimum atomic E-state index is -0.482. The molecule has 2 aromatic rings. The molecular weight excluding hydrogens is 519 g/mol. The van der Waals surface area contributed by atoms with Gasteiger partial charge in [0.05, 0.1) is 26.9 Å². The van der Waals surface area contributed by atoms with E-state index in [4.69, 9.17) is 9.47 Å². The van der Waals surface area contributed by atoms with Crippen LogP contribution in [0.5, 0.6) is 11.5 Å². The molecule has 7 nitrogen and oxygen atoms in total. The third-order valence-electron chi connectivity index (χ3n) is 5.43. The number of aliphatic imine (C=N–C) groups is 1. The second kappa shape index (κ2) is 13.5. The maximum atomic E-state index is 10.6. The molecule has 1 aliphatic heterocycles. The number of aliphatic hydroxyl groups is 1. The van der Waals surface area contributed by atoms with Crippen LogP contribution in [0.25, 0.3) is 0 Å². The number of hydrogen-bond acceptors (Lipinski definition) is 5. The molecule has 0 spiro atoms.